The Morgan fingerprint density at radius 2 is 1.70 bits per heavy atom. The third kappa shape index (κ3) is 8.08. The lowest BCUT2D eigenvalue weighted by atomic mass is 10.0. The Morgan fingerprint density at radius 3 is 2.22 bits per heavy atom. The molecule has 3 atom stereocenters. The summed E-state index contributed by atoms with van der Waals surface area (Å²) in [6, 6.07) is 7.00. The predicted octanol–water partition coefficient (Wildman–Crippen LogP) is 1.37. The number of rotatable bonds is 9. The first-order valence-electron chi connectivity index (χ1n) is 8.78. The van der Waals surface area contributed by atoms with Crippen molar-refractivity contribution in [3.8, 4) is 0 Å². The van der Waals surface area contributed by atoms with Gasteiger partial charge in [-0.1, -0.05) is 44.2 Å². The molecule has 0 bridgehead atoms. The average Bonchev–Trinajstić information content (AvgIpc) is 2.63. The van der Waals surface area contributed by atoms with Crippen LogP contribution in [0.4, 0.5) is 4.79 Å². The number of aliphatic hydroxyl groups excluding tert-OH is 1. The fourth-order valence-corrected chi connectivity index (χ4v) is 2.37. The number of carbonyl (C=O) groups is 3. The SMILES string of the molecule is COC(=O)[C@H](NC(=O)[C@H](CC(C)C)NC(=O)OCc1ccccc1)[C@@H](C)O. The summed E-state index contributed by atoms with van der Waals surface area (Å²) in [6.07, 6.45) is -1.56. The summed E-state index contributed by atoms with van der Waals surface area (Å²) in [7, 11) is 1.16. The molecule has 3 N–H and O–H groups in total. The maximum atomic E-state index is 12.5. The van der Waals surface area contributed by atoms with E-state index in [0.29, 0.717) is 6.42 Å². The topological polar surface area (TPSA) is 114 Å². The minimum atomic E-state index is -1.22. The summed E-state index contributed by atoms with van der Waals surface area (Å²) in [6.45, 7) is 5.22. The van der Waals surface area contributed by atoms with Gasteiger partial charge in [0.25, 0.3) is 0 Å². The lowest BCUT2D eigenvalue weighted by Gasteiger charge is -2.24. The van der Waals surface area contributed by atoms with E-state index in [2.05, 4.69) is 15.4 Å². The van der Waals surface area contributed by atoms with Gasteiger partial charge < -0.3 is 25.2 Å². The molecule has 0 fully saturated rings. The number of hydrogen-bond donors (Lipinski definition) is 3. The van der Waals surface area contributed by atoms with Crippen molar-refractivity contribution in [2.75, 3.05) is 7.11 Å². The van der Waals surface area contributed by atoms with E-state index < -0.39 is 36.2 Å². The van der Waals surface area contributed by atoms with E-state index in [9.17, 15) is 19.5 Å². The van der Waals surface area contributed by atoms with Gasteiger partial charge in [0.05, 0.1) is 13.2 Å². The van der Waals surface area contributed by atoms with Crippen LogP contribution in [0.1, 0.15) is 32.8 Å². The Hall–Kier alpha value is -2.61. The van der Waals surface area contributed by atoms with Gasteiger partial charge in [-0.3, -0.25) is 4.79 Å². The highest BCUT2D eigenvalue weighted by Gasteiger charge is 2.30. The molecule has 0 aromatic heterocycles. The van der Waals surface area contributed by atoms with Crippen molar-refractivity contribution in [2.45, 2.75) is 52.0 Å². The van der Waals surface area contributed by atoms with E-state index in [-0.39, 0.29) is 12.5 Å². The van der Waals surface area contributed by atoms with Gasteiger partial charge in [0.1, 0.15) is 12.6 Å². The monoisotopic (exact) mass is 380 g/mol. The van der Waals surface area contributed by atoms with Crippen LogP contribution < -0.4 is 10.6 Å². The third-order valence-corrected chi connectivity index (χ3v) is 3.76. The molecule has 27 heavy (non-hydrogen) atoms. The molecule has 0 unspecified atom stereocenters. The van der Waals surface area contributed by atoms with Crippen molar-refractivity contribution in [3.05, 3.63) is 35.9 Å². The van der Waals surface area contributed by atoms with Crippen LogP contribution in [0, 0.1) is 5.92 Å². The van der Waals surface area contributed by atoms with E-state index in [0.717, 1.165) is 12.7 Å². The number of aliphatic hydroxyl groups is 1. The van der Waals surface area contributed by atoms with Crippen molar-refractivity contribution >= 4 is 18.0 Å². The number of methoxy groups -OCH3 is 1. The highest BCUT2D eigenvalue weighted by Crippen LogP contribution is 2.08. The highest BCUT2D eigenvalue weighted by molar-refractivity contribution is 5.89. The van der Waals surface area contributed by atoms with Gasteiger partial charge in [-0.2, -0.15) is 0 Å². The molecule has 1 aromatic rings. The summed E-state index contributed by atoms with van der Waals surface area (Å²) in [5, 5.41) is 14.6. The molecule has 150 valence electrons. The number of alkyl carbamates (subject to hydrolysis) is 1. The number of benzene rings is 1. The van der Waals surface area contributed by atoms with E-state index >= 15 is 0 Å². The van der Waals surface area contributed by atoms with E-state index in [1.807, 2.05) is 44.2 Å². The largest absolute Gasteiger partial charge is 0.467 e. The molecule has 0 aliphatic carbocycles. The van der Waals surface area contributed by atoms with Crippen molar-refractivity contribution in [1.82, 2.24) is 10.6 Å². The van der Waals surface area contributed by atoms with E-state index in [4.69, 9.17) is 4.74 Å². The van der Waals surface area contributed by atoms with Crippen LogP contribution in [0.3, 0.4) is 0 Å². The molecule has 0 saturated carbocycles. The third-order valence-electron chi connectivity index (χ3n) is 3.76. The molecule has 8 nitrogen and oxygen atoms in total. The normalized spacial score (nSPS) is 14.0. The van der Waals surface area contributed by atoms with E-state index in [1.54, 1.807) is 0 Å². The Labute approximate surface area is 159 Å². The lowest BCUT2D eigenvalue weighted by molar-refractivity contribution is -0.148. The average molecular weight is 380 g/mol. The summed E-state index contributed by atoms with van der Waals surface area (Å²) in [5.41, 5.74) is 0.817. The predicted molar refractivity (Wildman–Crippen MR) is 98.6 cm³/mol. The first-order chi connectivity index (χ1) is 12.7. The number of nitrogens with one attached hydrogen (secondary N) is 2. The molecular weight excluding hydrogens is 352 g/mol. The van der Waals surface area contributed by atoms with Gasteiger partial charge in [-0.25, -0.2) is 9.59 Å². The van der Waals surface area contributed by atoms with Crippen LogP contribution in [0.5, 0.6) is 0 Å². The molecule has 0 spiro atoms. The molecule has 0 saturated heterocycles. The molecule has 0 heterocycles. The number of amides is 2. The zero-order valence-corrected chi connectivity index (χ0v) is 16.1. The summed E-state index contributed by atoms with van der Waals surface area (Å²) in [4.78, 5) is 36.3. The number of carbonyl (C=O) groups excluding carboxylic acids is 3. The second-order valence-electron chi connectivity index (χ2n) is 6.64. The fraction of sp³-hybridized carbons (Fsp3) is 0.526. The first kappa shape index (κ1) is 22.4. The minimum absolute atomic E-state index is 0.0706. The second kappa shape index (κ2) is 11.2. The zero-order valence-electron chi connectivity index (χ0n) is 16.1. The molecule has 2 amide bonds. The van der Waals surface area contributed by atoms with Gasteiger partial charge in [0.2, 0.25) is 5.91 Å². The molecule has 0 aliphatic heterocycles. The summed E-state index contributed by atoms with van der Waals surface area (Å²) < 4.78 is 9.72. The van der Waals surface area contributed by atoms with Crippen molar-refractivity contribution < 1.29 is 29.0 Å². The van der Waals surface area contributed by atoms with Gasteiger partial charge >= 0.3 is 12.1 Å². The molecule has 1 aromatic carbocycles. The first-order valence-corrected chi connectivity index (χ1v) is 8.78. The molecular formula is C19H28N2O6. The lowest BCUT2D eigenvalue weighted by Crippen LogP contribution is -2.55. The second-order valence-corrected chi connectivity index (χ2v) is 6.64. The maximum Gasteiger partial charge on any atom is 0.408 e. The summed E-state index contributed by atoms with van der Waals surface area (Å²) >= 11 is 0. The highest BCUT2D eigenvalue weighted by atomic mass is 16.5. The molecule has 8 heteroatoms. The van der Waals surface area contributed by atoms with Crippen LogP contribution in [-0.4, -0.2) is 48.4 Å². The van der Waals surface area contributed by atoms with Crippen LogP contribution in [0.15, 0.2) is 30.3 Å². The zero-order chi connectivity index (χ0) is 20.4. The van der Waals surface area contributed by atoms with Gasteiger partial charge in [-0.15, -0.1) is 0 Å². The number of hydrogen-bond acceptors (Lipinski definition) is 6. The van der Waals surface area contributed by atoms with Gasteiger partial charge in [0, 0.05) is 0 Å². The smallest absolute Gasteiger partial charge is 0.408 e. The van der Waals surface area contributed by atoms with Crippen LogP contribution in [-0.2, 0) is 25.7 Å². The quantitative estimate of drug-likeness (QED) is 0.558. The van der Waals surface area contributed by atoms with Crippen LogP contribution >= 0.6 is 0 Å². The van der Waals surface area contributed by atoms with Crippen molar-refractivity contribution in [2.24, 2.45) is 5.92 Å². The van der Waals surface area contributed by atoms with Crippen LogP contribution in [0.25, 0.3) is 0 Å². The molecule has 0 radical (unpaired) electrons. The van der Waals surface area contributed by atoms with Crippen LogP contribution in [0.2, 0.25) is 0 Å². The van der Waals surface area contributed by atoms with E-state index in [1.165, 1.54) is 6.92 Å². The Morgan fingerprint density at radius 1 is 1.07 bits per heavy atom. The molecule has 0 aliphatic rings. The van der Waals surface area contributed by atoms with Crippen molar-refractivity contribution in [3.63, 3.8) is 0 Å². The Kier molecular flexibility index (Phi) is 9.29. The molecule has 1 rings (SSSR count). The van der Waals surface area contributed by atoms with Gasteiger partial charge in [0.15, 0.2) is 6.04 Å². The Balaban J connectivity index is 2.71. The van der Waals surface area contributed by atoms with Gasteiger partial charge in [-0.05, 0) is 24.8 Å². The standard InChI is InChI=1S/C19H28N2O6/c1-12(2)10-15(17(23)21-16(13(3)22)18(24)26-4)20-19(25)27-11-14-8-6-5-7-9-14/h5-9,12-13,15-16,22H,10-11H2,1-4H3,(H,20,25)(H,21,23)/t13-,15+,16-/m1/s1. The number of esters is 1. The van der Waals surface area contributed by atoms with Crippen molar-refractivity contribution in [1.29, 1.82) is 0 Å². The minimum Gasteiger partial charge on any atom is -0.467 e. The fourth-order valence-electron chi connectivity index (χ4n) is 2.37. The number of ether oxygens (including phenoxy) is 2. The Bertz CT molecular complexity index is 618. The maximum absolute atomic E-state index is 12.5. The summed E-state index contributed by atoms with van der Waals surface area (Å²) in [5.74, 6) is -1.27.